The van der Waals surface area contributed by atoms with Crippen molar-refractivity contribution in [2.75, 3.05) is 13.1 Å². The first kappa shape index (κ1) is 14.7. The number of nitrogens with two attached hydrogens (primary N) is 1. The summed E-state index contributed by atoms with van der Waals surface area (Å²) in [7, 11) is 0. The van der Waals surface area contributed by atoms with Crippen molar-refractivity contribution in [2.45, 2.75) is 19.4 Å². The summed E-state index contributed by atoms with van der Waals surface area (Å²) >= 11 is 5.75. The summed E-state index contributed by atoms with van der Waals surface area (Å²) in [5.74, 6) is -0.0792. The van der Waals surface area contributed by atoms with Crippen LogP contribution in [0.5, 0.6) is 0 Å². The van der Waals surface area contributed by atoms with E-state index < -0.39 is 4.92 Å². The fraction of sp³-hybridized carbons (Fsp3) is 0.462. The van der Waals surface area contributed by atoms with Crippen LogP contribution >= 0.6 is 11.6 Å². The number of nitro benzene ring substituents is 1. The van der Waals surface area contributed by atoms with Crippen LogP contribution in [0.4, 0.5) is 5.69 Å². The molecule has 7 heteroatoms. The fourth-order valence-corrected chi connectivity index (χ4v) is 2.74. The van der Waals surface area contributed by atoms with Crippen LogP contribution in [0.1, 0.15) is 23.7 Å². The molecule has 108 valence electrons. The number of hydrogen-bond donors (Lipinski definition) is 1. The number of nitrogens with zero attached hydrogens (tertiary/aromatic N) is 2. The van der Waals surface area contributed by atoms with E-state index in [2.05, 4.69) is 0 Å². The van der Waals surface area contributed by atoms with Crippen LogP contribution in [-0.2, 0) is 0 Å². The highest BCUT2D eigenvalue weighted by molar-refractivity contribution is 6.31. The molecule has 2 atom stereocenters. The summed E-state index contributed by atoms with van der Waals surface area (Å²) in [6.45, 7) is 2.99. The highest BCUT2D eigenvalue weighted by Gasteiger charge is 2.30. The third kappa shape index (κ3) is 3.08. The van der Waals surface area contributed by atoms with Gasteiger partial charge in [0.15, 0.2) is 0 Å². The molecule has 2 unspecified atom stereocenters. The molecular weight excluding hydrogens is 282 g/mol. The summed E-state index contributed by atoms with van der Waals surface area (Å²) in [5.41, 5.74) is 5.69. The van der Waals surface area contributed by atoms with E-state index in [-0.39, 0.29) is 34.1 Å². The van der Waals surface area contributed by atoms with Gasteiger partial charge in [-0.25, -0.2) is 0 Å². The molecule has 1 heterocycles. The molecule has 2 rings (SSSR count). The Bertz CT molecular complexity index is 540. The van der Waals surface area contributed by atoms with Gasteiger partial charge in [0.1, 0.15) is 5.56 Å². The van der Waals surface area contributed by atoms with Crippen LogP contribution in [0.15, 0.2) is 18.2 Å². The minimum atomic E-state index is -0.591. The van der Waals surface area contributed by atoms with Crippen molar-refractivity contribution in [3.8, 4) is 0 Å². The zero-order valence-electron chi connectivity index (χ0n) is 11.1. The summed E-state index contributed by atoms with van der Waals surface area (Å²) in [6.07, 6.45) is 0.854. The van der Waals surface area contributed by atoms with E-state index in [1.54, 1.807) is 4.90 Å². The highest BCUT2D eigenvalue weighted by atomic mass is 35.5. The molecule has 0 aromatic heterocycles. The molecule has 1 aliphatic rings. The Hall–Kier alpha value is -1.66. The number of benzene rings is 1. The monoisotopic (exact) mass is 297 g/mol. The molecule has 1 amide bonds. The minimum Gasteiger partial charge on any atom is -0.337 e. The average molecular weight is 298 g/mol. The third-order valence-electron chi connectivity index (χ3n) is 3.37. The van der Waals surface area contributed by atoms with Crippen molar-refractivity contribution in [3.63, 3.8) is 0 Å². The first-order valence-corrected chi connectivity index (χ1v) is 6.75. The number of rotatable bonds is 2. The van der Waals surface area contributed by atoms with Crippen molar-refractivity contribution >= 4 is 23.2 Å². The second-order valence-corrected chi connectivity index (χ2v) is 5.67. The number of likely N-dealkylation sites (tertiary alicyclic amines) is 1. The molecule has 1 fully saturated rings. The molecule has 6 nitrogen and oxygen atoms in total. The van der Waals surface area contributed by atoms with Gasteiger partial charge >= 0.3 is 0 Å². The van der Waals surface area contributed by atoms with E-state index >= 15 is 0 Å². The van der Waals surface area contributed by atoms with Gasteiger partial charge in [0.05, 0.1) is 4.92 Å². The lowest BCUT2D eigenvalue weighted by molar-refractivity contribution is -0.385. The normalized spacial score (nSPS) is 22.6. The Kier molecular flexibility index (Phi) is 4.25. The number of hydrogen-bond acceptors (Lipinski definition) is 4. The van der Waals surface area contributed by atoms with Gasteiger partial charge < -0.3 is 10.6 Å². The van der Waals surface area contributed by atoms with E-state index in [1.807, 2.05) is 6.92 Å². The Morgan fingerprint density at radius 1 is 1.50 bits per heavy atom. The third-order valence-corrected chi connectivity index (χ3v) is 3.60. The number of carbonyl (C=O) groups excluding carboxylic acids is 1. The summed E-state index contributed by atoms with van der Waals surface area (Å²) in [6, 6.07) is 3.99. The Morgan fingerprint density at radius 2 is 2.20 bits per heavy atom. The van der Waals surface area contributed by atoms with Crippen molar-refractivity contribution in [1.29, 1.82) is 0 Å². The standard InChI is InChI=1S/C13H16ClN3O3/c1-8-4-10(15)7-16(6-8)13(18)11-3-2-9(14)5-12(11)17(19)20/h2-3,5,8,10H,4,6-7,15H2,1H3. The molecule has 0 spiro atoms. The molecule has 0 radical (unpaired) electrons. The largest absolute Gasteiger partial charge is 0.337 e. The molecule has 0 saturated carbocycles. The molecule has 1 saturated heterocycles. The molecule has 20 heavy (non-hydrogen) atoms. The van der Waals surface area contributed by atoms with Crippen LogP contribution in [0, 0.1) is 16.0 Å². The molecular formula is C13H16ClN3O3. The zero-order valence-corrected chi connectivity index (χ0v) is 11.8. The minimum absolute atomic E-state index is 0.0562. The molecule has 2 N–H and O–H groups in total. The lowest BCUT2D eigenvalue weighted by Gasteiger charge is -2.34. The van der Waals surface area contributed by atoms with Gasteiger partial charge in [-0.3, -0.25) is 14.9 Å². The van der Waals surface area contributed by atoms with E-state index in [9.17, 15) is 14.9 Å². The number of nitro groups is 1. The van der Waals surface area contributed by atoms with Crippen molar-refractivity contribution in [1.82, 2.24) is 4.90 Å². The molecule has 1 aromatic carbocycles. The van der Waals surface area contributed by atoms with Crippen molar-refractivity contribution in [3.05, 3.63) is 38.9 Å². The quantitative estimate of drug-likeness (QED) is 0.668. The lowest BCUT2D eigenvalue weighted by atomic mass is 9.96. The zero-order chi connectivity index (χ0) is 14.9. The topological polar surface area (TPSA) is 89.5 Å². The van der Waals surface area contributed by atoms with E-state index in [1.165, 1.54) is 18.2 Å². The van der Waals surface area contributed by atoms with Gasteiger partial charge in [0, 0.05) is 30.2 Å². The van der Waals surface area contributed by atoms with Gasteiger partial charge in [-0.1, -0.05) is 18.5 Å². The fourth-order valence-electron chi connectivity index (χ4n) is 2.57. The number of carbonyl (C=O) groups is 1. The predicted octanol–water partition coefficient (Wildman–Crippen LogP) is 2.06. The van der Waals surface area contributed by atoms with Gasteiger partial charge in [-0.05, 0) is 24.5 Å². The number of piperidine rings is 1. The van der Waals surface area contributed by atoms with E-state index in [0.717, 1.165) is 6.42 Å². The van der Waals surface area contributed by atoms with Crippen LogP contribution in [0.2, 0.25) is 5.02 Å². The van der Waals surface area contributed by atoms with E-state index in [4.69, 9.17) is 17.3 Å². The summed E-state index contributed by atoms with van der Waals surface area (Å²) in [5, 5.41) is 11.3. The molecule has 0 aliphatic carbocycles. The van der Waals surface area contributed by atoms with Crippen LogP contribution in [0.25, 0.3) is 0 Å². The van der Waals surface area contributed by atoms with Gasteiger partial charge in [-0.2, -0.15) is 0 Å². The second kappa shape index (κ2) is 5.76. The Morgan fingerprint density at radius 3 is 2.80 bits per heavy atom. The van der Waals surface area contributed by atoms with Gasteiger partial charge in [-0.15, -0.1) is 0 Å². The molecule has 1 aliphatic heterocycles. The Labute approximate surface area is 121 Å². The first-order valence-electron chi connectivity index (χ1n) is 6.37. The maximum Gasteiger partial charge on any atom is 0.283 e. The summed E-state index contributed by atoms with van der Waals surface area (Å²) < 4.78 is 0. The second-order valence-electron chi connectivity index (χ2n) is 5.23. The average Bonchev–Trinajstić information content (AvgIpc) is 2.36. The lowest BCUT2D eigenvalue weighted by Crippen LogP contribution is -2.48. The predicted molar refractivity (Wildman–Crippen MR) is 75.8 cm³/mol. The number of halogens is 1. The molecule has 1 aromatic rings. The maximum atomic E-state index is 12.5. The van der Waals surface area contributed by atoms with Gasteiger partial charge in [0.2, 0.25) is 0 Å². The molecule has 0 bridgehead atoms. The van der Waals surface area contributed by atoms with Crippen LogP contribution in [-0.4, -0.2) is 34.9 Å². The van der Waals surface area contributed by atoms with Gasteiger partial charge in [0.25, 0.3) is 11.6 Å². The van der Waals surface area contributed by atoms with E-state index in [0.29, 0.717) is 13.1 Å². The van der Waals surface area contributed by atoms with Crippen molar-refractivity contribution in [2.24, 2.45) is 11.7 Å². The summed E-state index contributed by atoms with van der Waals surface area (Å²) in [4.78, 5) is 24.5. The highest BCUT2D eigenvalue weighted by Crippen LogP contribution is 2.26. The first-order chi connectivity index (χ1) is 9.38. The Balaban J connectivity index is 2.31. The smallest absolute Gasteiger partial charge is 0.283 e. The maximum absolute atomic E-state index is 12.5. The van der Waals surface area contributed by atoms with Crippen LogP contribution < -0.4 is 5.73 Å². The SMILES string of the molecule is CC1CC(N)CN(C(=O)c2ccc(Cl)cc2[N+](=O)[O-])C1. The van der Waals surface area contributed by atoms with Crippen LogP contribution in [0.3, 0.4) is 0 Å². The number of amides is 1. The van der Waals surface area contributed by atoms with Crippen molar-refractivity contribution < 1.29 is 9.72 Å².